The Balaban J connectivity index is 1.56. The Morgan fingerprint density at radius 2 is 1.66 bits per heavy atom. The summed E-state index contributed by atoms with van der Waals surface area (Å²) in [5.41, 5.74) is 3.11. The monoisotopic (exact) mass is 378 g/mol. The van der Waals surface area contributed by atoms with Crippen molar-refractivity contribution < 1.29 is 0 Å². The van der Waals surface area contributed by atoms with Crippen molar-refractivity contribution in [2.24, 2.45) is 0 Å². The van der Waals surface area contributed by atoms with Crippen molar-refractivity contribution in [3.05, 3.63) is 101 Å². The molecule has 2 N–H and O–H groups in total. The molecule has 3 aromatic carbocycles. The highest BCUT2D eigenvalue weighted by molar-refractivity contribution is 5.95. The van der Waals surface area contributed by atoms with Crippen LogP contribution in [0.15, 0.2) is 89.9 Å². The lowest BCUT2D eigenvalue weighted by molar-refractivity contribution is 1.05. The highest BCUT2D eigenvalue weighted by Gasteiger charge is 2.12. The van der Waals surface area contributed by atoms with Crippen LogP contribution in [-0.2, 0) is 6.54 Å². The first-order chi connectivity index (χ1) is 14.3. The molecule has 0 atom stereocenters. The first-order valence-electron chi connectivity index (χ1n) is 9.44. The van der Waals surface area contributed by atoms with Crippen molar-refractivity contribution in [3.8, 4) is 11.1 Å². The summed E-state index contributed by atoms with van der Waals surface area (Å²) in [5, 5.41) is 5.95. The van der Waals surface area contributed by atoms with Gasteiger partial charge in [-0.2, -0.15) is 4.98 Å². The van der Waals surface area contributed by atoms with Gasteiger partial charge in [-0.15, -0.1) is 0 Å². The molecule has 0 fully saturated rings. The normalized spacial score (nSPS) is 11.0. The van der Waals surface area contributed by atoms with Crippen LogP contribution in [0.2, 0.25) is 0 Å². The minimum atomic E-state index is -0.207. The number of rotatable bonds is 4. The van der Waals surface area contributed by atoms with E-state index in [0.29, 0.717) is 23.5 Å². The first kappa shape index (κ1) is 17.1. The van der Waals surface area contributed by atoms with Gasteiger partial charge in [0.15, 0.2) is 5.65 Å². The predicted molar refractivity (Wildman–Crippen MR) is 117 cm³/mol. The molecule has 0 radical (unpaired) electrons. The van der Waals surface area contributed by atoms with E-state index in [9.17, 15) is 4.79 Å². The van der Waals surface area contributed by atoms with E-state index in [4.69, 9.17) is 0 Å². The molecule has 0 saturated heterocycles. The number of aromatic nitrogens is 3. The maximum absolute atomic E-state index is 12.9. The lowest BCUT2D eigenvalue weighted by atomic mass is 10.00. The topological polar surface area (TPSA) is 70.7 Å². The smallest absolute Gasteiger partial charge is 0.262 e. The molecule has 0 aliphatic heterocycles. The number of nitrogens with one attached hydrogen (secondary N) is 2. The average Bonchev–Trinajstić information content (AvgIpc) is 2.77. The lowest BCUT2D eigenvalue weighted by Crippen LogP contribution is -2.14. The summed E-state index contributed by atoms with van der Waals surface area (Å²) < 4.78 is 0. The predicted octanol–water partition coefficient (Wildman–Crippen LogP) is 4.75. The number of anilines is 1. The van der Waals surface area contributed by atoms with Gasteiger partial charge in [-0.05, 0) is 39.6 Å². The molecule has 0 spiro atoms. The van der Waals surface area contributed by atoms with Crippen molar-refractivity contribution in [2.75, 3.05) is 5.32 Å². The third kappa shape index (κ3) is 3.34. The highest BCUT2D eigenvalue weighted by Crippen LogP contribution is 2.28. The fourth-order valence-electron chi connectivity index (χ4n) is 3.53. The van der Waals surface area contributed by atoms with Gasteiger partial charge in [0.1, 0.15) is 0 Å². The molecule has 5 rings (SSSR count). The molecular weight excluding hydrogens is 360 g/mol. The van der Waals surface area contributed by atoms with E-state index in [1.165, 1.54) is 0 Å². The SMILES string of the molecule is O=c1[nH]c(NCc2ccccc2)nc2nccc(-c3ccc4ccccc4c3)c12. The fourth-order valence-corrected chi connectivity index (χ4v) is 3.53. The number of pyridine rings is 1. The van der Waals surface area contributed by atoms with Gasteiger partial charge in [0.25, 0.3) is 5.56 Å². The summed E-state index contributed by atoms with van der Waals surface area (Å²) in [5.74, 6) is 0.412. The van der Waals surface area contributed by atoms with Gasteiger partial charge in [0.2, 0.25) is 5.95 Å². The summed E-state index contributed by atoms with van der Waals surface area (Å²) in [6.45, 7) is 0.569. The quantitative estimate of drug-likeness (QED) is 0.473. The van der Waals surface area contributed by atoms with Gasteiger partial charge in [-0.25, -0.2) is 4.98 Å². The van der Waals surface area contributed by atoms with E-state index >= 15 is 0 Å². The number of H-pyrrole nitrogens is 1. The summed E-state index contributed by atoms with van der Waals surface area (Å²) in [6.07, 6.45) is 1.69. The third-order valence-corrected chi connectivity index (χ3v) is 4.97. The van der Waals surface area contributed by atoms with Crippen molar-refractivity contribution >= 4 is 27.8 Å². The van der Waals surface area contributed by atoms with Crippen molar-refractivity contribution in [1.82, 2.24) is 15.0 Å². The minimum Gasteiger partial charge on any atom is -0.352 e. The molecule has 5 nitrogen and oxygen atoms in total. The number of benzene rings is 3. The van der Waals surface area contributed by atoms with E-state index in [-0.39, 0.29) is 5.56 Å². The van der Waals surface area contributed by atoms with E-state index in [1.54, 1.807) is 6.20 Å². The largest absolute Gasteiger partial charge is 0.352 e. The van der Waals surface area contributed by atoms with Gasteiger partial charge in [-0.1, -0.05) is 66.7 Å². The Labute approximate surface area is 167 Å². The van der Waals surface area contributed by atoms with Crippen molar-refractivity contribution in [1.29, 1.82) is 0 Å². The van der Waals surface area contributed by atoms with Crippen LogP contribution in [0, 0.1) is 0 Å². The van der Waals surface area contributed by atoms with E-state index < -0.39 is 0 Å². The summed E-state index contributed by atoms with van der Waals surface area (Å²) in [7, 11) is 0. The van der Waals surface area contributed by atoms with E-state index in [2.05, 4.69) is 44.5 Å². The van der Waals surface area contributed by atoms with Gasteiger partial charge < -0.3 is 5.32 Å². The van der Waals surface area contributed by atoms with Gasteiger partial charge in [-0.3, -0.25) is 9.78 Å². The molecule has 0 aliphatic carbocycles. The molecular formula is C24H18N4O. The summed E-state index contributed by atoms with van der Waals surface area (Å²) >= 11 is 0. The van der Waals surface area contributed by atoms with Crippen molar-refractivity contribution in [2.45, 2.75) is 6.54 Å². The van der Waals surface area contributed by atoms with Crippen molar-refractivity contribution in [3.63, 3.8) is 0 Å². The molecule has 29 heavy (non-hydrogen) atoms. The van der Waals surface area contributed by atoms with Crippen LogP contribution in [0.1, 0.15) is 5.56 Å². The Hall–Kier alpha value is -3.99. The maximum Gasteiger partial charge on any atom is 0.262 e. The second-order valence-electron chi connectivity index (χ2n) is 6.87. The van der Waals surface area contributed by atoms with Gasteiger partial charge in [0, 0.05) is 12.7 Å². The lowest BCUT2D eigenvalue weighted by Gasteiger charge is -2.09. The van der Waals surface area contributed by atoms with Gasteiger partial charge >= 0.3 is 0 Å². The van der Waals surface area contributed by atoms with Crippen LogP contribution >= 0.6 is 0 Å². The van der Waals surface area contributed by atoms with E-state index in [0.717, 1.165) is 27.5 Å². The maximum atomic E-state index is 12.9. The van der Waals surface area contributed by atoms with Crippen LogP contribution in [0.4, 0.5) is 5.95 Å². The Morgan fingerprint density at radius 3 is 2.52 bits per heavy atom. The molecule has 0 amide bonds. The average molecular weight is 378 g/mol. The molecule has 0 saturated carbocycles. The third-order valence-electron chi connectivity index (χ3n) is 4.97. The molecule has 2 aromatic heterocycles. The highest BCUT2D eigenvalue weighted by atomic mass is 16.1. The number of aromatic amines is 1. The van der Waals surface area contributed by atoms with E-state index in [1.807, 2.05) is 54.6 Å². The zero-order valence-corrected chi connectivity index (χ0v) is 15.6. The number of hydrogen-bond acceptors (Lipinski definition) is 4. The number of fused-ring (bicyclic) bond motifs is 2. The molecule has 2 heterocycles. The van der Waals surface area contributed by atoms with Crippen LogP contribution < -0.4 is 10.9 Å². The van der Waals surface area contributed by atoms with Crippen LogP contribution in [-0.4, -0.2) is 15.0 Å². The second kappa shape index (κ2) is 7.20. The molecule has 0 aliphatic rings. The summed E-state index contributed by atoms with van der Waals surface area (Å²) in [4.78, 5) is 24.6. The van der Waals surface area contributed by atoms with Gasteiger partial charge in [0.05, 0.1) is 5.39 Å². The van der Waals surface area contributed by atoms with Crippen LogP contribution in [0.3, 0.4) is 0 Å². The zero-order valence-electron chi connectivity index (χ0n) is 15.6. The molecule has 0 bridgehead atoms. The Bertz CT molecular complexity index is 1380. The Kier molecular flexibility index (Phi) is 4.26. The van der Waals surface area contributed by atoms with Crippen LogP contribution in [0.25, 0.3) is 32.9 Å². The number of nitrogens with zero attached hydrogens (tertiary/aromatic N) is 2. The molecule has 5 heteroatoms. The molecule has 5 aromatic rings. The fraction of sp³-hybridized carbons (Fsp3) is 0.0417. The second-order valence-corrected chi connectivity index (χ2v) is 6.87. The molecule has 0 unspecified atom stereocenters. The Morgan fingerprint density at radius 1 is 0.862 bits per heavy atom. The van der Waals surface area contributed by atoms with Crippen LogP contribution in [0.5, 0.6) is 0 Å². The first-order valence-corrected chi connectivity index (χ1v) is 9.44. The number of hydrogen-bond donors (Lipinski definition) is 2. The standard InChI is InChI=1S/C24H18N4O/c29-23-21-20(19-11-10-17-8-4-5-9-18(17)14-19)12-13-25-22(21)27-24(28-23)26-15-16-6-2-1-3-7-16/h1-14H,15H2,(H2,25,26,27,28,29). The zero-order chi connectivity index (χ0) is 19.6. The minimum absolute atomic E-state index is 0.207. The molecule has 140 valence electrons. The summed E-state index contributed by atoms with van der Waals surface area (Å²) in [6, 6.07) is 26.2.